The van der Waals surface area contributed by atoms with Crippen molar-refractivity contribution in [3.63, 3.8) is 0 Å². The lowest BCUT2D eigenvalue weighted by Gasteiger charge is -2.08. The number of H-pyrrole nitrogens is 2. The predicted octanol–water partition coefficient (Wildman–Crippen LogP) is 4.69. The monoisotopic (exact) mass is 396 g/mol. The molecule has 3 aromatic carbocycles. The summed E-state index contributed by atoms with van der Waals surface area (Å²) in [5.41, 5.74) is 5.23. The van der Waals surface area contributed by atoms with Crippen LogP contribution in [-0.4, -0.2) is 22.1 Å². The number of aromatic amines is 2. The highest BCUT2D eigenvalue weighted by Gasteiger charge is 2.07. The Morgan fingerprint density at radius 3 is 2.57 bits per heavy atom. The van der Waals surface area contributed by atoms with E-state index in [1.54, 1.807) is 7.11 Å². The molecular formula is C24H20N4O2. The lowest BCUT2D eigenvalue weighted by atomic mass is 10.1. The van der Waals surface area contributed by atoms with Crippen LogP contribution >= 0.6 is 0 Å². The van der Waals surface area contributed by atoms with Gasteiger partial charge in [-0.05, 0) is 60.0 Å². The molecule has 0 spiro atoms. The molecule has 0 bridgehead atoms. The number of aromatic nitrogens is 3. The van der Waals surface area contributed by atoms with E-state index >= 15 is 0 Å². The van der Waals surface area contributed by atoms with Crippen LogP contribution < -0.4 is 15.6 Å². The van der Waals surface area contributed by atoms with Crippen molar-refractivity contribution in [3.8, 4) is 17.1 Å². The number of nitrogens with zero attached hydrogens (tertiary/aromatic N) is 1. The Kier molecular flexibility index (Phi) is 4.44. The van der Waals surface area contributed by atoms with E-state index in [4.69, 9.17) is 4.74 Å². The third-order valence-corrected chi connectivity index (χ3v) is 5.16. The minimum Gasteiger partial charge on any atom is -0.497 e. The van der Waals surface area contributed by atoms with Crippen LogP contribution in [0.2, 0.25) is 0 Å². The number of rotatable bonds is 5. The zero-order chi connectivity index (χ0) is 20.5. The van der Waals surface area contributed by atoms with Crippen molar-refractivity contribution in [2.24, 2.45) is 0 Å². The van der Waals surface area contributed by atoms with Crippen LogP contribution in [0.3, 0.4) is 0 Å². The molecule has 2 aromatic heterocycles. The van der Waals surface area contributed by atoms with E-state index in [1.165, 1.54) is 0 Å². The fraction of sp³-hybridized carbons (Fsp3) is 0.0833. The molecule has 0 amide bonds. The van der Waals surface area contributed by atoms with Crippen LogP contribution in [0.4, 0.5) is 5.69 Å². The maximum atomic E-state index is 12.4. The summed E-state index contributed by atoms with van der Waals surface area (Å²) in [5.74, 6) is 1.55. The zero-order valence-electron chi connectivity index (χ0n) is 16.4. The van der Waals surface area contributed by atoms with Gasteiger partial charge in [-0.15, -0.1) is 0 Å². The Morgan fingerprint density at radius 2 is 1.77 bits per heavy atom. The van der Waals surface area contributed by atoms with Gasteiger partial charge in [0.25, 0.3) is 5.56 Å². The smallest absolute Gasteiger partial charge is 0.253 e. The molecule has 2 heterocycles. The summed E-state index contributed by atoms with van der Waals surface area (Å²) in [6.07, 6.45) is 0. The summed E-state index contributed by atoms with van der Waals surface area (Å²) in [7, 11) is 1.61. The Hall–Kier alpha value is -4.06. The van der Waals surface area contributed by atoms with Gasteiger partial charge in [0, 0.05) is 29.4 Å². The van der Waals surface area contributed by atoms with E-state index in [1.807, 2.05) is 72.8 Å². The summed E-state index contributed by atoms with van der Waals surface area (Å²) in [5, 5.41) is 4.28. The maximum absolute atomic E-state index is 12.4. The Labute approximate surface area is 172 Å². The highest BCUT2D eigenvalue weighted by Crippen LogP contribution is 2.23. The van der Waals surface area contributed by atoms with Crippen molar-refractivity contribution < 1.29 is 4.74 Å². The summed E-state index contributed by atoms with van der Waals surface area (Å²) >= 11 is 0. The molecule has 0 radical (unpaired) electrons. The van der Waals surface area contributed by atoms with Crippen molar-refractivity contribution in [1.29, 1.82) is 0 Å². The minimum absolute atomic E-state index is 0.109. The molecule has 3 N–H and O–H groups in total. The van der Waals surface area contributed by atoms with Gasteiger partial charge >= 0.3 is 0 Å². The summed E-state index contributed by atoms with van der Waals surface area (Å²) in [4.78, 5) is 23.3. The van der Waals surface area contributed by atoms with Gasteiger partial charge in [-0.2, -0.15) is 0 Å². The second kappa shape index (κ2) is 7.40. The van der Waals surface area contributed by atoms with Gasteiger partial charge in [0.15, 0.2) is 0 Å². The van der Waals surface area contributed by atoms with E-state index in [-0.39, 0.29) is 5.56 Å². The first-order chi connectivity index (χ1) is 14.7. The molecule has 0 saturated heterocycles. The highest BCUT2D eigenvalue weighted by molar-refractivity contribution is 5.81. The zero-order valence-corrected chi connectivity index (χ0v) is 16.4. The fourth-order valence-corrected chi connectivity index (χ4v) is 3.52. The summed E-state index contributed by atoms with van der Waals surface area (Å²) in [6.45, 7) is 0.432. The minimum atomic E-state index is -0.109. The average Bonchev–Trinajstić information content (AvgIpc) is 3.22. The molecule has 0 fully saturated rings. The van der Waals surface area contributed by atoms with E-state index in [2.05, 4.69) is 20.3 Å². The number of benzene rings is 3. The van der Waals surface area contributed by atoms with Gasteiger partial charge < -0.3 is 20.0 Å². The van der Waals surface area contributed by atoms with Crippen LogP contribution in [0.25, 0.3) is 33.3 Å². The molecule has 0 saturated carbocycles. The lowest BCUT2D eigenvalue weighted by Crippen LogP contribution is -2.15. The normalized spacial score (nSPS) is 11.1. The number of nitrogens with one attached hydrogen (secondary N) is 3. The molecule has 30 heavy (non-hydrogen) atoms. The molecule has 0 atom stereocenters. The van der Waals surface area contributed by atoms with Crippen LogP contribution in [0.15, 0.2) is 77.6 Å². The van der Waals surface area contributed by atoms with Crippen molar-refractivity contribution in [2.75, 3.05) is 12.4 Å². The molecular weight excluding hydrogens is 376 g/mol. The molecule has 6 heteroatoms. The number of ether oxygens (including phenoxy) is 1. The molecule has 0 aliphatic carbocycles. The average molecular weight is 396 g/mol. The predicted molar refractivity (Wildman–Crippen MR) is 120 cm³/mol. The second-order valence-corrected chi connectivity index (χ2v) is 7.11. The molecule has 0 aliphatic heterocycles. The Morgan fingerprint density at radius 1 is 0.933 bits per heavy atom. The molecule has 6 nitrogen and oxygen atoms in total. The SMILES string of the molecule is COc1ccc2cc(CNc3ccc(-c4nc5ccccc5[nH]4)cc3)c(=O)[nH]c2c1. The number of imidazole rings is 1. The second-order valence-electron chi connectivity index (χ2n) is 7.11. The molecule has 5 rings (SSSR count). The van der Waals surface area contributed by atoms with Crippen molar-refractivity contribution in [2.45, 2.75) is 6.54 Å². The van der Waals surface area contributed by atoms with E-state index < -0.39 is 0 Å². The largest absolute Gasteiger partial charge is 0.497 e. The standard InChI is InChI=1S/C24H20N4O2/c1-30-19-11-8-16-12-17(24(29)28-22(16)13-19)14-25-18-9-6-15(7-10-18)23-26-20-4-2-3-5-21(20)27-23/h2-13,25H,14H2,1H3,(H,26,27)(H,28,29). The topological polar surface area (TPSA) is 82.8 Å². The number of hydrogen-bond donors (Lipinski definition) is 3. The van der Waals surface area contributed by atoms with Crippen LogP contribution in [0.5, 0.6) is 5.75 Å². The van der Waals surface area contributed by atoms with E-state index in [0.29, 0.717) is 17.9 Å². The third-order valence-electron chi connectivity index (χ3n) is 5.16. The molecule has 148 valence electrons. The lowest BCUT2D eigenvalue weighted by molar-refractivity contribution is 0.415. The van der Waals surface area contributed by atoms with E-state index in [0.717, 1.165) is 39.0 Å². The Bertz CT molecular complexity index is 1370. The molecule has 0 aliphatic rings. The number of fused-ring (bicyclic) bond motifs is 2. The van der Waals surface area contributed by atoms with Crippen LogP contribution in [-0.2, 0) is 6.54 Å². The Balaban J connectivity index is 1.34. The van der Waals surface area contributed by atoms with Gasteiger partial charge in [0.1, 0.15) is 11.6 Å². The number of pyridine rings is 1. The van der Waals surface area contributed by atoms with Crippen molar-refractivity contribution >= 4 is 27.6 Å². The molecule has 5 aromatic rings. The first-order valence-electron chi connectivity index (χ1n) is 9.68. The number of methoxy groups -OCH3 is 1. The van der Waals surface area contributed by atoms with E-state index in [9.17, 15) is 4.79 Å². The summed E-state index contributed by atoms with van der Waals surface area (Å²) in [6, 6.07) is 23.5. The maximum Gasteiger partial charge on any atom is 0.253 e. The first-order valence-corrected chi connectivity index (χ1v) is 9.68. The first kappa shape index (κ1) is 18.0. The van der Waals surface area contributed by atoms with Crippen molar-refractivity contribution in [1.82, 2.24) is 15.0 Å². The van der Waals surface area contributed by atoms with Gasteiger partial charge in [-0.3, -0.25) is 4.79 Å². The molecule has 0 unspecified atom stereocenters. The van der Waals surface area contributed by atoms with Crippen LogP contribution in [0, 0.1) is 0 Å². The fourth-order valence-electron chi connectivity index (χ4n) is 3.52. The van der Waals surface area contributed by atoms with Gasteiger partial charge in [-0.25, -0.2) is 4.98 Å². The van der Waals surface area contributed by atoms with Gasteiger partial charge in [0.2, 0.25) is 0 Å². The van der Waals surface area contributed by atoms with Crippen molar-refractivity contribution in [3.05, 3.63) is 88.7 Å². The third kappa shape index (κ3) is 3.39. The summed E-state index contributed by atoms with van der Waals surface area (Å²) < 4.78 is 5.22. The number of hydrogen-bond acceptors (Lipinski definition) is 4. The number of para-hydroxylation sites is 2. The highest BCUT2D eigenvalue weighted by atomic mass is 16.5. The van der Waals surface area contributed by atoms with Crippen LogP contribution in [0.1, 0.15) is 5.56 Å². The quantitative estimate of drug-likeness (QED) is 0.402. The number of anilines is 1. The van der Waals surface area contributed by atoms with Gasteiger partial charge in [0.05, 0.1) is 23.7 Å². The van der Waals surface area contributed by atoms with Gasteiger partial charge in [-0.1, -0.05) is 12.1 Å².